The van der Waals surface area contributed by atoms with E-state index in [1.807, 2.05) is 11.9 Å². The van der Waals surface area contributed by atoms with Crippen molar-refractivity contribution in [1.29, 1.82) is 0 Å². The maximum Gasteiger partial charge on any atom is 0.289 e. The van der Waals surface area contributed by atoms with Gasteiger partial charge in [-0.05, 0) is 31.5 Å². The molecule has 150 valence electrons. The Kier molecular flexibility index (Phi) is 7.53. The van der Waals surface area contributed by atoms with Crippen LogP contribution < -0.4 is 5.32 Å². The van der Waals surface area contributed by atoms with Gasteiger partial charge in [-0.25, -0.2) is 0 Å². The van der Waals surface area contributed by atoms with Gasteiger partial charge in [-0.1, -0.05) is 0 Å². The van der Waals surface area contributed by atoms with Crippen LogP contribution in [0, 0.1) is 0 Å². The van der Waals surface area contributed by atoms with E-state index in [-0.39, 0.29) is 5.91 Å². The molecular weight excluding hydrogens is 346 g/mol. The van der Waals surface area contributed by atoms with Crippen LogP contribution in [-0.2, 0) is 4.74 Å². The molecule has 0 unspecified atom stereocenters. The molecule has 0 saturated carbocycles. The number of nitrogens with zero attached hydrogens (tertiary/aromatic N) is 4. The molecule has 8 heteroatoms. The molecular formula is C19H31N5O3. The molecule has 0 atom stereocenters. The van der Waals surface area contributed by atoms with Crippen molar-refractivity contribution in [3.05, 3.63) is 24.2 Å². The first-order valence-corrected chi connectivity index (χ1v) is 9.86. The third-order valence-corrected chi connectivity index (χ3v) is 5.10. The van der Waals surface area contributed by atoms with Crippen LogP contribution in [0.2, 0.25) is 0 Å². The Morgan fingerprint density at radius 3 is 2.52 bits per heavy atom. The number of ether oxygens (including phenoxy) is 1. The summed E-state index contributed by atoms with van der Waals surface area (Å²) in [6.45, 7) is 8.79. The highest BCUT2D eigenvalue weighted by atomic mass is 16.5. The highest BCUT2D eigenvalue weighted by molar-refractivity contribution is 5.91. The van der Waals surface area contributed by atoms with Crippen molar-refractivity contribution in [2.24, 2.45) is 4.99 Å². The minimum absolute atomic E-state index is 0.0364. The highest BCUT2D eigenvalue weighted by Crippen LogP contribution is 2.09. The molecule has 27 heavy (non-hydrogen) atoms. The first-order valence-electron chi connectivity index (χ1n) is 9.86. The number of nitrogens with one attached hydrogen (secondary N) is 1. The van der Waals surface area contributed by atoms with E-state index < -0.39 is 0 Å². The van der Waals surface area contributed by atoms with Gasteiger partial charge in [0.05, 0.1) is 19.5 Å². The number of amides is 1. The molecule has 0 aliphatic carbocycles. The second-order valence-electron chi connectivity index (χ2n) is 6.89. The van der Waals surface area contributed by atoms with Gasteiger partial charge in [0, 0.05) is 52.9 Å². The van der Waals surface area contributed by atoms with Crippen molar-refractivity contribution < 1.29 is 13.9 Å². The second-order valence-corrected chi connectivity index (χ2v) is 6.89. The summed E-state index contributed by atoms with van der Waals surface area (Å²) in [6.07, 6.45) is 3.83. The Bertz CT molecular complexity index is 590. The van der Waals surface area contributed by atoms with Crippen LogP contribution in [-0.4, -0.2) is 99.2 Å². The van der Waals surface area contributed by atoms with E-state index in [0.717, 1.165) is 64.9 Å². The molecule has 0 bridgehead atoms. The largest absolute Gasteiger partial charge is 0.459 e. The van der Waals surface area contributed by atoms with Crippen LogP contribution in [0.5, 0.6) is 0 Å². The third kappa shape index (κ3) is 5.71. The number of furan rings is 1. The molecule has 0 aromatic carbocycles. The molecule has 1 amide bonds. The van der Waals surface area contributed by atoms with Gasteiger partial charge in [-0.15, -0.1) is 0 Å². The van der Waals surface area contributed by atoms with Crippen LogP contribution >= 0.6 is 0 Å². The number of aliphatic imine (C=N–C) groups is 1. The van der Waals surface area contributed by atoms with E-state index in [4.69, 9.17) is 9.15 Å². The van der Waals surface area contributed by atoms with Gasteiger partial charge >= 0.3 is 0 Å². The summed E-state index contributed by atoms with van der Waals surface area (Å²) < 4.78 is 10.6. The zero-order chi connectivity index (χ0) is 18.9. The van der Waals surface area contributed by atoms with Crippen LogP contribution in [0.3, 0.4) is 0 Å². The highest BCUT2D eigenvalue weighted by Gasteiger charge is 2.25. The number of carbonyl (C=O) groups excluding carboxylic acids is 1. The average molecular weight is 377 g/mol. The van der Waals surface area contributed by atoms with Gasteiger partial charge < -0.3 is 24.3 Å². The van der Waals surface area contributed by atoms with E-state index in [1.165, 1.54) is 12.7 Å². The van der Waals surface area contributed by atoms with E-state index in [1.54, 1.807) is 12.1 Å². The van der Waals surface area contributed by atoms with Crippen molar-refractivity contribution in [3.8, 4) is 0 Å². The van der Waals surface area contributed by atoms with Crippen molar-refractivity contribution in [1.82, 2.24) is 20.0 Å². The Labute approximate surface area is 161 Å². The summed E-state index contributed by atoms with van der Waals surface area (Å²) >= 11 is 0. The van der Waals surface area contributed by atoms with E-state index in [0.29, 0.717) is 18.8 Å². The maximum atomic E-state index is 12.3. The van der Waals surface area contributed by atoms with Crippen molar-refractivity contribution in [2.45, 2.75) is 12.8 Å². The monoisotopic (exact) mass is 377 g/mol. The maximum absolute atomic E-state index is 12.3. The molecule has 2 aliphatic rings. The van der Waals surface area contributed by atoms with Crippen LogP contribution in [0.4, 0.5) is 0 Å². The Morgan fingerprint density at radius 2 is 1.85 bits per heavy atom. The molecule has 8 nitrogen and oxygen atoms in total. The molecule has 2 fully saturated rings. The predicted octanol–water partition coefficient (Wildman–Crippen LogP) is 0.725. The van der Waals surface area contributed by atoms with E-state index >= 15 is 0 Å². The van der Waals surface area contributed by atoms with Gasteiger partial charge in [0.15, 0.2) is 11.7 Å². The molecule has 1 N–H and O–H groups in total. The topological polar surface area (TPSA) is 73.6 Å². The first kappa shape index (κ1) is 19.7. The zero-order valence-electron chi connectivity index (χ0n) is 16.2. The molecule has 0 spiro atoms. The molecule has 2 saturated heterocycles. The smallest absolute Gasteiger partial charge is 0.289 e. The standard InChI is InChI=1S/C19H31N5O3/c1-20-19(21-6-2-3-7-22-12-15-26-16-13-22)24-10-8-23(9-11-24)18(25)17-5-4-14-27-17/h4-5,14H,2-3,6-13,15-16H2,1H3,(H,20,21). The zero-order valence-corrected chi connectivity index (χ0v) is 16.2. The number of unbranched alkanes of at least 4 members (excludes halogenated alkanes) is 1. The fraction of sp³-hybridized carbons (Fsp3) is 0.684. The van der Waals surface area contributed by atoms with Crippen molar-refractivity contribution >= 4 is 11.9 Å². The lowest BCUT2D eigenvalue weighted by Crippen LogP contribution is -2.53. The number of morpholine rings is 1. The lowest BCUT2D eigenvalue weighted by Gasteiger charge is -2.36. The first-order chi connectivity index (χ1) is 13.3. The summed E-state index contributed by atoms with van der Waals surface area (Å²) in [5.74, 6) is 1.29. The Hall–Kier alpha value is -2.06. The van der Waals surface area contributed by atoms with E-state index in [2.05, 4.69) is 20.1 Å². The number of rotatable bonds is 6. The molecule has 1 aromatic heterocycles. The van der Waals surface area contributed by atoms with Gasteiger partial charge in [-0.2, -0.15) is 0 Å². The molecule has 3 heterocycles. The fourth-order valence-electron chi connectivity index (χ4n) is 3.50. The minimum Gasteiger partial charge on any atom is -0.459 e. The van der Waals surface area contributed by atoms with Gasteiger partial charge in [-0.3, -0.25) is 14.7 Å². The summed E-state index contributed by atoms with van der Waals surface area (Å²) in [5.41, 5.74) is 0. The number of guanidine groups is 1. The summed E-state index contributed by atoms with van der Waals surface area (Å²) in [7, 11) is 1.82. The number of hydrogen-bond acceptors (Lipinski definition) is 5. The minimum atomic E-state index is -0.0364. The lowest BCUT2D eigenvalue weighted by atomic mass is 10.2. The second kappa shape index (κ2) is 10.3. The average Bonchev–Trinajstić information content (AvgIpc) is 3.26. The van der Waals surface area contributed by atoms with Crippen LogP contribution in [0.1, 0.15) is 23.4 Å². The predicted molar refractivity (Wildman–Crippen MR) is 104 cm³/mol. The van der Waals surface area contributed by atoms with Crippen LogP contribution in [0.25, 0.3) is 0 Å². The summed E-state index contributed by atoms with van der Waals surface area (Å²) in [6, 6.07) is 3.46. The van der Waals surface area contributed by atoms with Gasteiger partial charge in [0.25, 0.3) is 5.91 Å². The normalized spacial score (nSPS) is 19.4. The summed E-state index contributed by atoms with van der Waals surface area (Å²) in [5, 5.41) is 3.46. The van der Waals surface area contributed by atoms with Crippen LogP contribution in [0.15, 0.2) is 27.8 Å². The SMILES string of the molecule is CN=C(NCCCCN1CCOCC1)N1CCN(C(=O)c2ccco2)CC1. The van der Waals surface area contributed by atoms with Crippen molar-refractivity contribution in [2.75, 3.05) is 72.6 Å². The fourth-order valence-corrected chi connectivity index (χ4v) is 3.50. The third-order valence-electron chi connectivity index (χ3n) is 5.10. The quantitative estimate of drug-likeness (QED) is 0.448. The van der Waals surface area contributed by atoms with Gasteiger partial charge in [0.1, 0.15) is 0 Å². The molecule has 3 rings (SSSR count). The Balaban J connectivity index is 1.33. The number of carbonyl (C=O) groups is 1. The van der Waals surface area contributed by atoms with Crippen molar-refractivity contribution in [3.63, 3.8) is 0 Å². The number of hydrogen-bond donors (Lipinski definition) is 1. The van der Waals surface area contributed by atoms with E-state index in [9.17, 15) is 4.79 Å². The molecule has 1 aromatic rings. The molecule has 2 aliphatic heterocycles. The Morgan fingerprint density at radius 1 is 1.11 bits per heavy atom. The van der Waals surface area contributed by atoms with Gasteiger partial charge in [0.2, 0.25) is 0 Å². The number of piperazine rings is 1. The summed E-state index contributed by atoms with van der Waals surface area (Å²) in [4.78, 5) is 23.3. The molecule has 0 radical (unpaired) electrons. The lowest BCUT2D eigenvalue weighted by molar-refractivity contribution is 0.0372.